The summed E-state index contributed by atoms with van der Waals surface area (Å²) in [5.74, 6) is 0.178. The molecule has 0 radical (unpaired) electrons. The van der Waals surface area contributed by atoms with E-state index >= 15 is 0 Å². The quantitative estimate of drug-likeness (QED) is 0.327. The number of piperidine rings is 1. The van der Waals surface area contributed by atoms with Crippen molar-refractivity contribution in [3.05, 3.63) is 35.9 Å². The molecule has 1 aromatic carbocycles. The van der Waals surface area contributed by atoms with Gasteiger partial charge in [-0.25, -0.2) is 0 Å². The first-order valence-corrected chi connectivity index (χ1v) is 7.15. The number of benzene rings is 1. The van der Waals surface area contributed by atoms with E-state index in [1.165, 1.54) is 0 Å². The lowest BCUT2D eigenvalue weighted by molar-refractivity contribution is 0.234. The summed E-state index contributed by atoms with van der Waals surface area (Å²) in [5.41, 5.74) is 6.91. The Morgan fingerprint density at radius 3 is 2.65 bits per heavy atom. The highest BCUT2D eigenvalue weighted by atomic mass is 16.4. The van der Waals surface area contributed by atoms with Gasteiger partial charge in [-0.1, -0.05) is 35.5 Å². The first-order chi connectivity index (χ1) is 9.70. The third-order valence-corrected chi connectivity index (χ3v) is 4.00. The second kappa shape index (κ2) is 7.26. The Morgan fingerprint density at radius 1 is 1.40 bits per heavy atom. The van der Waals surface area contributed by atoms with Gasteiger partial charge in [0.05, 0.1) is 5.92 Å². The molecule has 2 rings (SSSR count). The highest BCUT2D eigenvalue weighted by molar-refractivity contribution is 5.87. The molecule has 0 amide bonds. The van der Waals surface area contributed by atoms with Crippen LogP contribution >= 0.6 is 0 Å². The van der Waals surface area contributed by atoms with Crippen LogP contribution in [0.25, 0.3) is 0 Å². The summed E-state index contributed by atoms with van der Waals surface area (Å²) >= 11 is 0. The summed E-state index contributed by atoms with van der Waals surface area (Å²) < 4.78 is 0. The van der Waals surface area contributed by atoms with Crippen molar-refractivity contribution in [1.29, 1.82) is 0 Å². The Hall–Kier alpha value is -1.59. The Kier molecular flexibility index (Phi) is 5.38. The molecule has 4 N–H and O–H groups in total. The summed E-state index contributed by atoms with van der Waals surface area (Å²) in [7, 11) is 2.15. The van der Waals surface area contributed by atoms with Gasteiger partial charge in [-0.05, 0) is 38.5 Å². The Bertz CT molecular complexity index is 427. The minimum absolute atomic E-state index is 0.0825. The van der Waals surface area contributed by atoms with Gasteiger partial charge >= 0.3 is 0 Å². The molecule has 1 heterocycles. The number of hydrogen-bond acceptors (Lipinski definition) is 4. The van der Waals surface area contributed by atoms with Crippen LogP contribution in [-0.4, -0.2) is 48.7 Å². The van der Waals surface area contributed by atoms with Crippen molar-refractivity contribution in [2.75, 3.05) is 26.7 Å². The lowest BCUT2D eigenvalue weighted by Crippen LogP contribution is -2.43. The highest BCUT2D eigenvalue weighted by Crippen LogP contribution is 2.16. The molecule has 1 aliphatic rings. The van der Waals surface area contributed by atoms with Crippen LogP contribution in [0.3, 0.4) is 0 Å². The fourth-order valence-electron chi connectivity index (χ4n) is 2.65. The van der Waals surface area contributed by atoms with E-state index in [1.54, 1.807) is 0 Å². The SMILES string of the molecule is CN1CCC(NCC(C(N)=NO)c2ccccc2)CC1. The lowest BCUT2D eigenvalue weighted by atomic mass is 9.96. The zero-order valence-corrected chi connectivity index (χ0v) is 12.0. The van der Waals surface area contributed by atoms with Crippen LogP contribution in [0.1, 0.15) is 24.3 Å². The molecule has 5 heteroatoms. The van der Waals surface area contributed by atoms with E-state index < -0.39 is 0 Å². The standard InChI is InChI=1S/C15H24N4O/c1-19-9-7-13(8-10-19)17-11-14(15(16)18-20)12-5-3-2-4-6-12/h2-6,13-14,17,20H,7-11H2,1H3,(H2,16,18). The van der Waals surface area contributed by atoms with Gasteiger partial charge in [-0.15, -0.1) is 0 Å². The summed E-state index contributed by atoms with van der Waals surface area (Å²) in [5, 5.41) is 15.7. The van der Waals surface area contributed by atoms with Crippen LogP contribution < -0.4 is 11.1 Å². The van der Waals surface area contributed by atoms with Crippen molar-refractivity contribution in [2.24, 2.45) is 10.9 Å². The average molecular weight is 276 g/mol. The molecule has 0 spiro atoms. The zero-order valence-electron chi connectivity index (χ0n) is 12.0. The highest BCUT2D eigenvalue weighted by Gasteiger charge is 2.20. The summed E-state index contributed by atoms with van der Waals surface area (Å²) in [6.45, 7) is 2.95. The van der Waals surface area contributed by atoms with Gasteiger partial charge in [0.15, 0.2) is 0 Å². The molecule has 5 nitrogen and oxygen atoms in total. The van der Waals surface area contributed by atoms with E-state index in [0.29, 0.717) is 12.6 Å². The third kappa shape index (κ3) is 3.95. The molecule has 1 fully saturated rings. The Labute approximate surface area is 120 Å². The van der Waals surface area contributed by atoms with Gasteiger partial charge in [-0.2, -0.15) is 0 Å². The van der Waals surface area contributed by atoms with Gasteiger partial charge in [0.25, 0.3) is 0 Å². The molecule has 1 atom stereocenters. The number of hydrogen-bond donors (Lipinski definition) is 3. The fraction of sp³-hybridized carbons (Fsp3) is 0.533. The molecular formula is C15H24N4O. The monoisotopic (exact) mass is 276 g/mol. The number of likely N-dealkylation sites (tertiary alicyclic amines) is 1. The Balaban J connectivity index is 1.95. The van der Waals surface area contributed by atoms with Crippen molar-refractivity contribution in [1.82, 2.24) is 10.2 Å². The zero-order chi connectivity index (χ0) is 14.4. The van der Waals surface area contributed by atoms with Crippen molar-refractivity contribution in [3.63, 3.8) is 0 Å². The minimum Gasteiger partial charge on any atom is -0.409 e. The van der Waals surface area contributed by atoms with Gasteiger partial charge in [0.2, 0.25) is 0 Å². The molecule has 1 aromatic rings. The molecular weight excluding hydrogens is 252 g/mol. The van der Waals surface area contributed by atoms with E-state index in [4.69, 9.17) is 10.9 Å². The van der Waals surface area contributed by atoms with Crippen LogP contribution in [0.5, 0.6) is 0 Å². The van der Waals surface area contributed by atoms with Crippen LogP contribution in [0.15, 0.2) is 35.5 Å². The maximum atomic E-state index is 8.97. The van der Waals surface area contributed by atoms with Crippen molar-refractivity contribution >= 4 is 5.84 Å². The molecule has 0 aromatic heterocycles. The number of rotatable bonds is 5. The van der Waals surface area contributed by atoms with E-state index in [9.17, 15) is 0 Å². The van der Waals surface area contributed by atoms with Crippen LogP contribution in [-0.2, 0) is 0 Å². The maximum absolute atomic E-state index is 8.97. The average Bonchev–Trinajstić information content (AvgIpc) is 2.50. The predicted molar refractivity (Wildman–Crippen MR) is 81.1 cm³/mol. The van der Waals surface area contributed by atoms with E-state index in [-0.39, 0.29) is 11.8 Å². The number of nitrogens with one attached hydrogen (secondary N) is 1. The molecule has 0 aliphatic carbocycles. The molecule has 110 valence electrons. The molecule has 0 bridgehead atoms. The lowest BCUT2D eigenvalue weighted by Gasteiger charge is -2.30. The Morgan fingerprint density at radius 2 is 2.05 bits per heavy atom. The van der Waals surface area contributed by atoms with Crippen LogP contribution in [0.4, 0.5) is 0 Å². The maximum Gasteiger partial charge on any atom is 0.147 e. The number of nitrogens with zero attached hydrogens (tertiary/aromatic N) is 2. The molecule has 20 heavy (non-hydrogen) atoms. The largest absolute Gasteiger partial charge is 0.409 e. The molecule has 0 saturated carbocycles. The summed E-state index contributed by atoms with van der Waals surface area (Å²) in [6.07, 6.45) is 2.29. The number of oxime groups is 1. The number of nitrogens with two attached hydrogens (primary N) is 1. The van der Waals surface area contributed by atoms with Crippen molar-refractivity contribution < 1.29 is 5.21 Å². The first-order valence-electron chi connectivity index (χ1n) is 7.15. The first kappa shape index (κ1) is 14.8. The van der Waals surface area contributed by atoms with Gasteiger partial charge in [-0.3, -0.25) is 0 Å². The second-order valence-corrected chi connectivity index (χ2v) is 5.47. The topological polar surface area (TPSA) is 73.9 Å². The van der Waals surface area contributed by atoms with E-state index in [1.807, 2.05) is 30.3 Å². The van der Waals surface area contributed by atoms with E-state index in [2.05, 4.69) is 22.4 Å². The summed E-state index contributed by atoms with van der Waals surface area (Å²) in [4.78, 5) is 2.34. The normalized spacial score (nSPS) is 19.9. The summed E-state index contributed by atoms with van der Waals surface area (Å²) in [6, 6.07) is 10.5. The van der Waals surface area contributed by atoms with Crippen molar-refractivity contribution in [2.45, 2.75) is 24.8 Å². The molecule has 1 aliphatic heterocycles. The van der Waals surface area contributed by atoms with Crippen LogP contribution in [0.2, 0.25) is 0 Å². The number of amidine groups is 1. The predicted octanol–water partition coefficient (Wildman–Crippen LogP) is 1.20. The van der Waals surface area contributed by atoms with Gasteiger partial charge in [0, 0.05) is 12.6 Å². The third-order valence-electron chi connectivity index (χ3n) is 4.00. The second-order valence-electron chi connectivity index (χ2n) is 5.47. The van der Waals surface area contributed by atoms with Gasteiger partial charge in [0.1, 0.15) is 5.84 Å². The van der Waals surface area contributed by atoms with Crippen LogP contribution in [0, 0.1) is 0 Å². The minimum atomic E-state index is -0.0825. The molecule has 1 unspecified atom stereocenters. The van der Waals surface area contributed by atoms with E-state index in [0.717, 1.165) is 31.5 Å². The van der Waals surface area contributed by atoms with Gasteiger partial charge < -0.3 is 21.2 Å². The van der Waals surface area contributed by atoms with Crippen molar-refractivity contribution in [3.8, 4) is 0 Å². The fourth-order valence-corrected chi connectivity index (χ4v) is 2.65. The smallest absolute Gasteiger partial charge is 0.147 e. The molecule has 1 saturated heterocycles.